The van der Waals surface area contributed by atoms with Crippen LogP contribution >= 0.6 is 0 Å². The third-order valence-corrected chi connectivity index (χ3v) is 4.46. The van der Waals surface area contributed by atoms with Crippen LogP contribution in [0.25, 0.3) is 0 Å². The second kappa shape index (κ2) is 11.6. The number of hydrogen-bond acceptors (Lipinski definition) is 9. The van der Waals surface area contributed by atoms with Crippen LogP contribution in [0.2, 0.25) is 5.32 Å². The van der Waals surface area contributed by atoms with Gasteiger partial charge in [-0.25, -0.2) is 0 Å². The molecule has 0 radical (unpaired) electrons. The summed E-state index contributed by atoms with van der Waals surface area (Å²) in [4.78, 5) is 56.5. The Morgan fingerprint density at radius 2 is 1.20 bits per heavy atom. The molecule has 9 nitrogen and oxygen atoms in total. The van der Waals surface area contributed by atoms with Crippen LogP contribution in [0.1, 0.15) is 34.6 Å². The molecule has 0 amide bonds. The van der Waals surface area contributed by atoms with Crippen LogP contribution in [0.4, 0.5) is 0 Å². The monoisotopic (exact) mass is 426 g/mol. The summed E-state index contributed by atoms with van der Waals surface area (Å²) in [6.45, 7) is 5.57. The van der Waals surface area contributed by atoms with Gasteiger partial charge in [0.1, 0.15) is 0 Å². The number of carbonyl (C=O) groups is 5. The number of ether oxygens (including phenoxy) is 4. The van der Waals surface area contributed by atoms with E-state index in [1.165, 1.54) is 6.92 Å². The standard InChI is InChI=1S/C15H22O9Se/c1-8(16)21-6-13(22-9(2)17)15(24-11(4)19)14(23-10(3)18)7-25-12(5)20/h13-15H,6-7H2,1-5H3/t13-,14+,15+/m1/s1. The molecule has 0 saturated heterocycles. The van der Waals surface area contributed by atoms with Gasteiger partial charge in [-0.3, -0.25) is 0 Å². The number of hydrogen-bond donors (Lipinski definition) is 0. The Hall–Kier alpha value is -1.93. The zero-order valence-electron chi connectivity index (χ0n) is 14.7. The molecule has 0 rings (SSSR count). The topological polar surface area (TPSA) is 122 Å². The molecule has 10 heteroatoms. The van der Waals surface area contributed by atoms with Gasteiger partial charge in [0, 0.05) is 0 Å². The fraction of sp³-hybridized carbons (Fsp3) is 0.667. The molecule has 142 valence electrons. The van der Waals surface area contributed by atoms with Gasteiger partial charge in [0.25, 0.3) is 0 Å². The van der Waals surface area contributed by atoms with Crippen molar-refractivity contribution in [1.29, 1.82) is 0 Å². The average molecular weight is 425 g/mol. The molecule has 0 aromatic carbocycles. The van der Waals surface area contributed by atoms with Gasteiger partial charge < -0.3 is 0 Å². The Labute approximate surface area is 151 Å². The third kappa shape index (κ3) is 11.3. The van der Waals surface area contributed by atoms with Crippen LogP contribution in [0, 0.1) is 0 Å². The molecule has 0 heterocycles. The molecular weight excluding hydrogens is 403 g/mol. The molecule has 0 saturated carbocycles. The van der Waals surface area contributed by atoms with E-state index in [4.69, 9.17) is 18.9 Å². The summed E-state index contributed by atoms with van der Waals surface area (Å²) < 4.78 is 20.1. The van der Waals surface area contributed by atoms with E-state index in [1.54, 1.807) is 0 Å². The van der Waals surface area contributed by atoms with Crippen molar-refractivity contribution in [2.45, 2.75) is 58.2 Å². The minimum absolute atomic E-state index is 0.102. The van der Waals surface area contributed by atoms with Gasteiger partial charge >= 0.3 is 151 Å². The molecule has 3 atom stereocenters. The molecule has 0 aromatic heterocycles. The molecule has 0 bridgehead atoms. The SMILES string of the molecule is CC(=O)OC[C@@H](OC(C)=O)[C@H](OC(C)=O)[C@H](C[Se]C(C)=O)OC(C)=O. The summed E-state index contributed by atoms with van der Waals surface area (Å²) in [5, 5.41) is 0.109. The third-order valence-electron chi connectivity index (χ3n) is 2.57. The first-order valence-corrected chi connectivity index (χ1v) is 9.38. The molecule has 0 N–H and O–H groups in total. The van der Waals surface area contributed by atoms with Crippen LogP contribution in [0.15, 0.2) is 0 Å². The minimum atomic E-state index is -1.22. The molecular formula is C15H22O9Se. The fourth-order valence-corrected chi connectivity index (χ4v) is 3.18. The van der Waals surface area contributed by atoms with Gasteiger partial charge in [-0.05, 0) is 0 Å². The molecule has 0 fully saturated rings. The summed E-state index contributed by atoms with van der Waals surface area (Å²) in [5.74, 6) is -2.70. The van der Waals surface area contributed by atoms with Crippen molar-refractivity contribution in [3.63, 3.8) is 0 Å². The van der Waals surface area contributed by atoms with Crippen molar-refractivity contribution in [1.82, 2.24) is 0 Å². The first kappa shape index (κ1) is 23.1. The Balaban J connectivity index is 5.56. The Morgan fingerprint density at radius 1 is 0.720 bits per heavy atom. The van der Waals surface area contributed by atoms with Crippen molar-refractivity contribution >= 4 is 43.5 Å². The molecule has 0 unspecified atom stereocenters. The number of esters is 4. The van der Waals surface area contributed by atoms with Gasteiger partial charge in [0.2, 0.25) is 0 Å². The van der Waals surface area contributed by atoms with Crippen LogP contribution in [-0.4, -0.2) is 68.4 Å². The van der Waals surface area contributed by atoms with Crippen LogP contribution in [0.3, 0.4) is 0 Å². The van der Waals surface area contributed by atoms with Gasteiger partial charge in [-0.2, -0.15) is 0 Å². The van der Waals surface area contributed by atoms with Gasteiger partial charge in [-0.1, -0.05) is 0 Å². The van der Waals surface area contributed by atoms with E-state index in [0.29, 0.717) is 0 Å². The van der Waals surface area contributed by atoms with E-state index in [9.17, 15) is 24.0 Å². The van der Waals surface area contributed by atoms with Crippen LogP contribution < -0.4 is 0 Å². The van der Waals surface area contributed by atoms with E-state index in [1.807, 2.05) is 0 Å². The van der Waals surface area contributed by atoms with Crippen molar-refractivity contribution in [2.75, 3.05) is 6.61 Å². The van der Waals surface area contributed by atoms with Crippen molar-refractivity contribution in [3.05, 3.63) is 0 Å². The second-order valence-corrected chi connectivity index (χ2v) is 7.49. The van der Waals surface area contributed by atoms with Gasteiger partial charge in [-0.15, -0.1) is 0 Å². The van der Waals surface area contributed by atoms with E-state index >= 15 is 0 Å². The maximum atomic E-state index is 11.4. The maximum absolute atomic E-state index is 11.4. The van der Waals surface area contributed by atoms with Crippen molar-refractivity contribution in [3.8, 4) is 0 Å². The van der Waals surface area contributed by atoms with Crippen molar-refractivity contribution in [2.24, 2.45) is 0 Å². The summed E-state index contributed by atoms with van der Waals surface area (Å²) >= 11 is -0.541. The molecule has 0 spiro atoms. The average Bonchev–Trinajstić information content (AvgIpc) is 2.44. The van der Waals surface area contributed by atoms with Crippen LogP contribution in [-0.2, 0) is 42.9 Å². The summed E-state index contributed by atoms with van der Waals surface area (Å²) in [7, 11) is 0. The van der Waals surface area contributed by atoms with E-state index < -0.39 is 63.8 Å². The Bertz CT molecular complexity index is 479. The second-order valence-electron chi connectivity index (χ2n) is 4.97. The zero-order valence-corrected chi connectivity index (χ0v) is 16.4. The predicted molar refractivity (Wildman–Crippen MR) is 84.5 cm³/mol. The normalized spacial score (nSPS) is 13.8. The Morgan fingerprint density at radius 3 is 1.60 bits per heavy atom. The zero-order chi connectivity index (χ0) is 19.6. The number of rotatable bonds is 10. The Kier molecular flexibility index (Phi) is 10.7. The van der Waals surface area contributed by atoms with E-state index in [0.717, 1.165) is 27.7 Å². The van der Waals surface area contributed by atoms with Crippen LogP contribution in [0.5, 0.6) is 0 Å². The molecule has 0 aliphatic heterocycles. The molecule has 25 heavy (non-hydrogen) atoms. The van der Waals surface area contributed by atoms with E-state index in [2.05, 4.69) is 0 Å². The molecule has 0 aromatic rings. The fourth-order valence-electron chi connectivity index (χ4n) is 1.80. The number of carbonyl (C=O) groups excluding carboxylic acids is 5. The summed E-state index contributed by atoms with van der Waals surface area (Å²) in [6, 6.07) is 0. The predicted octanol–water partition coefficient (Wildman–Crippen LogP) is 0.0136. The van der Waals surface area contributed by atoms with Gasteiger partial charge in [0.15, 0.2) is 0 Å². The van der Waals surface area contributed by atoms with Crippen molar-refractivity contribution < 1.29 is 42.9 Å². The first-order chi connectivity index (χ1) is 11.5. The summed E-state index contributed by atoms with van der Waals surface area (Å²) in [5.41, 5.74) is 0. The quantitative estimate of drug-likeness (QED) is 0.271. The first-order valence-electron chi connectivity index (χ1n) is 7.31. The van der Waals surface area contributed by atoms with Gasteiger partial charge in [0.05, 0.1) is 0 Å². The van der Waals surface area contributed by atoms with E-state index in [-0.39, 0.29) is 10.0 Å². The summed E-state index contributed by atoms with van der Waals surface area (Å²) in [6.07, 6.45) is -3.42. The molecule has 0 aliphatic rings. The molecule has 0 aliphatic carbocycles.